The van der Waals surface area contributed by atoms with E-state index in [0.717, 1.165) is 13.0 Å². The number of hydrogen-bond acceptors (Lipinski definition) is 5. The van der Waals surface area contributed by atoms with Gasteiger partial charge in [-0.2, -0.15) is 5.10 Å². The van der Waals surface area contributed by atoms with E-state index in [1.54, 1.807) is 4.90 Å². The molecule has 126 valence electrons. The van der Waals surface area contributed by atoms with Gasteiger partial charge >= 0.3 is 0 Å². The lowest BCUT2D eigenvalue weighted by atomic mass is 10.2. The standard InChI is InChI=1S/C15H17N5O4/c21-13-3-1-7-19(13)8-2-6-16-15(22)14-11-9-10(20(23)24)4-5-12(11)17-18-14/h4-5,9H,1-3,6-8H2,(H,16,22)(H,17,18). The van der Waals surface area contributed by atoms with Crippen molar-refractivity contribution in [2.24, 2.45) is 0 Å². The summed E-state index contributed by atoms with van der Waals surface area (Å²) in [4.78, 5) is 35.8. The van der Waals surface area contributed by atoms with Crippen LogP contribution in [0.5, 0.6) is 0 Å². The van der Waals surface area contributed by atoms with E-state index in [1.807, 2.05) is 0 Å². The summed E-state index contributed by atoms with van der Waals surface area (Å²) >= 11 is 0. The summed E-state index contributed by atoms with van der Waals surface area (Å²) in [5.41, 5.74) is 0.602. The Morgan fingerprint density at radius 2 is 2.29 bits per heavy atom. The molecule has 0 unspecified atom stereocenters. The summed E-state index contributed by atoms with van der Waals surface area (Å²) in [6.07, 6.45) is 2.15. The number of hydrogen-bond donors (Lipinski definition) is 2. The van der Waals surface area contributed by atoms with Crippen molar-refractivity contribution >= 4 is 28.4 Å². The third-order valence-electron chi connectivity index (χ3n) is 4.03. The second kappa shape index (κ2) is 6.65. The highest BCUT2D eigenvalue weighted by molar-refractivity contribution is 6.05. The van der Waals surface area contributed by atoms with E-state index < -0.39 is 10.8 Å². The zero-order valence-corrected chi connectivity index (χ0v) is 12.9. The van der Waals surface area contributed by atoms with Gasteiger partial charge in [0.15, 0.2) is 5.69 Å². The van der Waals surface area contributed by atoms with Crippen molar-refractivity contribution in [2.75, 3.05) is 19.6 Å². The largest absolute Gasteiger partial charge is 0.351 e. The van der Waals surface area contributed by atoms with Gasteiger partial charge in [-0.15, -0.1) is 0 Å². The number of benzene rings is 1. The minimum absolute atomic E-state index is 0.0921. The van der Waals surface area contributed by atoms with Gasteiger partial charge in [-0.3, -0.25) is 24.8 Å². The molecule has 0 saturated carbocycles. The number of carbonyl (C=O) groups is 2. The van der Waals surface area contributed by atoms with Crippen molar-refractivity contribution in [3.8, 4) is 0 Å². The van der Waals surface area contributed by atoms with E-state index in [-0.39, 0.29) is 17.3 Å². The van der Waals surface area contributed by atoms with Crippen LogP contribution in [0, 0.1) is 10.1 Å². The van der Waals surface area contributed by atoms with E-state index in [0.29, 0.717) is 36.8 Å². The fraction of sp³-hybridized carbons (Fsp3) is 0.400. The number of nitro benzene ring substituents is 1. The highest BCUT2D eigenvalue weighted by Gasteiger charge is 2.20. The zero-order chi connectivity index (χ0) is 17.1. The van der Waals surface area contributed by atoms with E-state index in [1.165, 1.54) is 18.2 Å². The Balaban J connectivity index is 1.60. The van der Waals surface area contributed by atoms with Crippen LogP contribution in [0.2, 0.25) is 0 Å². The minimum atomic E-state index is -0.513. The van der Waals surface area contributed by atoms with Crippen LogP contribution in [0.4, 0.5) is 5.69 Å². The molecule has 0 atom stereocenters. The number of amides is 2. The van der Waals surface area contributed by atoms with Gasteiger partial charge in [0.1, 0.15) is 0 Å². The summed E-state index contributed by atoms with van der Waals surface area (Å²) < 4.78 is 0. The highest BCUT2D eigenvalue weighted by atomic mass is 16.6. The predicted molar refractivity (Wildman–Crippen MR) is 85.5 cm³/mol. The predicted octanol–water partition coefficient (Wildman–Crippen LogP) is 1.21. The molecule has 2 amide bonds. The molecule has 1 fully saturated rings. The van der Waals surface area contributed by atoms with Gasteiger partial charge in [0.2, 0.25) is 5.91 Å². The molecule has 9 nitrogen and oxygen atoms in total. The van der Waals surface area contributed by atoms with E-state index in [9.17, 15) is 19.7 Å². The Bertz CT molecular complexity index is 800. The summed E-state index contributed by atoms with van der Waals surface area (Å²) in [5, 5.41) is 20.6. The molecule has 2 N–H and O–H groups in total. The third-order valence-corrected chi connectivity index (χ3v) is 4.03. The molecule has 1 aliphatic heterocycles. The molecule has 9 heteroatoms. The Hall–Kier alpha value is -2.97. The number of carbonyl (C=O) groups excluding carboxylic acids is 2. The van der Waals surface area contributed by atoms with Crippen LogP contribution in [-0.4, -0.2) is 51.5 Å². The number of H-pyrrole nitrogens is 1. The number of likely N-dealkylation sites (tertiary alicyclic amines) is 1. The Kier molecular flexibility index (Phi) is 4.41. The summed E-state index contributed by atoms with van der Waals surface area (Å²) in [6.45, 7) is 1.80. The molecule has 2 aromatic rings. The van der Waals surface area contributed by atoms with Crippen LogP contribution >= 0.6 is 0 Å². The second-order valence-corrected chi connectivity index (χ2v) is 5.65. The first-order valence-corrected chi connectivity index (χ1v) is 7.75. The maximum atomic E-state index is 12.2. The molecule has 24 heavy (non-hydrogen) atoms. The van der Waals surface area contributed by atoms with Gasteiger partial charge in [0, 0.05) is 43.6 Å². The van der Waals surface area contributed by atoms with Gasteiger partial charge < -0.3 is 10.2 Å². The Morgan fingerprint density at radius 3 is 3.00 bits per heavy atom. The quantitative estimate of drug-likeness (QED) is 0.468. The van der Waals surface area contributed by atoms with Crippen LogP contribution < -0.4 is 5.32 Å². The molecular weight excluding hydrogens is 314 g/mol. The van der Waals surface area contributed by atoms with E-state index >= 15 is 0 Å². The Labute approximate surface area is 137 Å². The maximum absolute atomic E-state index is 12.2. The summed E-state index contributed by atoms with van der Waals surface area (Å²) in [6, 6.07) is 4.21. The molecule has 1 aromatic heterocycles. The van der Waals surface area contributed by atoms with Gasteiger partial charge in [0.05, 0.1) is 10.4 Å². The average Bonchev–Trinajstić information content (AvgIpc) is 3.16. The van der Waals surface area contributed by atoms with Crippen LogP contribution in [0.15, 0.2) is 18.2 Å². The SMILES string of the molecule is O=C(NCCCN1CCCC1=O)c1n[nH]c2ccc([N+](=O)[O-])cc12. The number of nitrogens with zero attached hydrogens (tertiary/aromatic N) is 3. The first-order valence-electron chi connectivity index (χ1n) is 7.75. The molecular formula is C15H17N5O4. The van der Waals surface area contributed by atoms with Crippen molar-refractivity contribution in [1.29, 1.82) is 0 Å². The summed E-state index contributed by atoms with van der Waals surface area (Å²) in [5.74, 6) is -0.235. The van der Waals surface area contributed by atoms with Gasteiger partial charge in [-0.1, -0.05) is 0 Å². The van der Waals surface area contributed by atoms with Gasteiger partial charge in [-0.05, 0) is 18.9 Å². The van der Waals surface area contributed by atoms with Crippen molar-refractivity contribution in [2.45, 2.75) is 19.3 Å². The molecule has 2 heterocycles. The van der Waals surface area contributed by atoms with Gasteiger partial charge in [0.25, 0.3) is 11.6 Å². The van der Waals surface area contributed by atoms with Crippen LogP contribution in [-0.2, 0) is 4.79 Å². The number of aromatic amines is 1. The average molecular weight is 331 g/mol. The number of rotatable bonds is 6. The lowest BCUT2D eigenvalue weighted by Crippen LogP contribution is -2.30. The van der Waals surface area contributed by atoms with Crippen molar-refractivity contribution in [3.05, 3.63) is 34.0 Å². The molecule has 1 aromatic carbocycles. The minimum Gasteiger partial charge on any atom is -0.351 e. The monoisotopic (exact) mass is 331 g/mol. The molecule has 0 spiro atoms. The van der Waals surface area contributed by atoms with E-state index in [2.05, 4.69) is 15.5 Å². The van der Waals surface area contributed by atoms with E-state index in [4.69, 9.17) is 0 Å². The van der Waals surface area contributed by atoms with Crippen LogP contribution in [0.25, 0.3) is 10.9 Å². The lowest BCUT2D eigenvalue weighted by Gasteiger charge is -2.15. The molecule has 0 radical (unpaired) electrons. The molecule has 1 saturated heterocycles. The normalized spacial score (nSPS) is 14.3. The number of non-ortho nitro benzene ring substituents is 1. The molecule has 1 aliphatic rings. The summed E-state index contributed by atoms with van der Waals surface area (Å²) in [7, 11) is 0. The first kappa shape index (κ1) is 15.9. The highest BCUT2D eigenvalue weighted by Crippen LogP contribution is 2.22. The maximum Gasteiger partial charge on any atom is 0.272 e. The molecule has 0 aliphatic carbocycles. The van der Waals surface area contributed by atoms with Crippen molar-refractivity contribution < 1.29 is 14.5 Å². The van der Waals surface area contributed by atoms with Crippen molar-refractivity contribution in [1.82, 2.24) is 20.4 Å². The molecule has 0 bridgehead atoms. The fourth-order valence-corrected chi connectivity index (χ4v) is 2.78. The molecule has 3 rings (SSSR count). The van der Waals surface area contributed by atoms with Gasteiger partial charge in [-0.25, -0.2) is 0 Å². The first-order chi connectivity index (χ1) is 11.6. The topological polar surface area (TPSA) is 121 Å². The number of fused-ring (bicyclic) bond motifs is 1. The van der Waals surface area contributed by atoms with Crippen LogP contribution in [0.1, 0.15) is 29.8 Å². The lowest BCUT2D eigenvalue weighted by molar-refractivity contribution is -0.384. The van der Waals surface area contributed by atoms with Crippen molar-refractivity contribution in [3.63, 3.8) is 0 Å². The Morgan fingerprint density at radius 1 is 1.46 bits per heavy atom. The smallest absolute Gasteiger partial charge is 0.272 e. The van der Waals surface area contributed by atoms with Crippen LogP contribution in [0.3, 0.4) is 0 Å². The number of nitro groups is 1. The third kappa shape index (κ3) is 3.19. The number of aromatic nitrogens is 2. The fourth-order valence-electron chi connectivity index (χ4n) is 2.78. The zero-order valence-electron chi connectivity index (χ0n) is 12.9. The number of nitrogens with one attached hydrogen (secondary N) is 2. The second-order valence-electron chi connectivity index (χ2n) is 5.65.